The number of likely N-dealkylation sites (tertiary alicyclic amines) is 1. The number of aliphatic hydroxyl groups excluding tert-OH is 3. The second-order valence-corrected chi connectivity index (χ2v) is 19.9. The number of carboxylic acids is 2. The Bertz CT molecular complexity index is 2780. The number of aromatic nitrogens is 1. The fraction of sp³-hybridized carbons (Fsp3) is 0.444. The lowest BCUT2D eigenvalue weighted by Crippen LogP contribution is -2.61. The average molecular weight is 1140 g/mol. The van der Waals surface area contributed by atoms with Crippen LogP contribution in [0.1, 0.15) is 80.8 Å². The third-order valence-corrected chi connectivity index (χ3v) is 12.5. The van der Waals surface area contributed by atoms with Crippen LogP contribution in [0, 0.1) is 5.92 Å². The van der Waals surface area contributed by atoms with Gasteiger partial charge in [-0.3, -0.25) is 33.7 Å². The summed E-state index contributed by atoms with van der Waals surface area (Å²) in [6, 6.07) is 15.9. The van der Waals surface area contributed by atoms with Crippen molar-refractivity contribution in [2.75, 3.05) is 38.0 Å². The van der Waals surface area contributed by atoms with Crippen molar-refractivity contribution in [1.29, 1.82) is 0 Å². The number of piperidine rings is 1. The maximum absolute atomic E-state index is 13.5. The number of ether oxygens (including phenoxy) is 3. The number of alkyl carbamates (subject to hydrolysis) is 1. The first-order chi connectivity index (χ1) is 38.2. The highest BCUT2D eigenvalue weighted by Gasteiger charge is 2.48. The summed E-state index contributed by atoms with van der Waals surface area (Å²) in [5.41, 5.74) is 1.11. The molecule has 27 heteroatoms. The van der Waals surface area contributed by atoms with Crippen LogP contribution >= 0.6 is 0 Å². The van der Waals surface area contributed by atoms with Gasteiger partial charge in [0, 0.05) is 73.6 Å². The van der Waals surface area contributed by atoms with Gasteiger partial charge in [0.25, 0.3) is 17.7 Å². The SMILES string of the molecule is CC(C)(C)OC(=O)NCC(C(=O)NCCC(=O)Nc1cc(C[n+]2cccc(/C=C/C(=O)NCCCCC3CCN(C(=O)c4ccccc4)CC3)c2)ccc1O[C@@H]1O[C@H](C(=O)O)[C@@H](O)[C@H](O)[C@H]1O)N1C(=O)C=CC1=O.O=C([O-])C(F)(F)F. The number of carboxylic acid groups (broad SMARTS) is 2. The number of hydrogen-bond acceptors (Lipinski definition) is 16. The summed E-state index contributed by atoms with van der Waals surface area (Å²) in [6.45, 7) is 6.25. The molecule has 1 unspecified atom stereocenters. The van der Waals surface area contributed by atoms with E-state index in [1.165, 1.54) is 18.2 Å². The van der Waals surface area contributed by atoms with Crippen LogP contribution in [0.25, 0.3) is 6.08 Å². The second-order valence-electron chi connectivity index (χ2n) is 19.9. The van der Waals surface area contributed by atoms with Crippen molar-refractivity contribution in [3.05, 3.63) is 108 Å². The minimum absolute atomic E-state index is 0.00471. The zero-order valence-electron chi connectivity index (χ0n) is 44.3. The Morgan fingerprint density at radius 2 is 1.53 bits per heavy atom. The van der Waals surface area contributed by atoms with Gasteiger partial charge in [0.05, 0.1) is 12.2 Å². The molecular weight excluding hydrogens is 1080 g/mol. The molecule has 6 atom stereocenters. The number of nitrogens with one attached hydrogen (secondary N) is 4. The number of halogens is 3. The highest BCUT2D eigenvalue weighted by molar-refractivity contribution is 6.15. The van der Waals surface area contributed by atoms with Crippen LogP contribution in [0.4, 0.5) is 23.7 Å². The summed E-state index contributed by atoms with van der Waals surface area (Å²) in [6.07, 6.45) is -2.84. The molecule has 2 aromatic carbocycles. The summed E-state index contributed by atoms with van der Waals surface area (Å²) < 4.78 is 49.7. The number of benzene rings is 2. The van der Waals surface area contributed by atoms with Gasteiger partial charge in [-0.25, -0.2) is 14.2 Å². The number of rotatable bonds is 21. The first kappa shape index (κ1) is 63.6. The van der Waals surface area contributed by atoms with Crippen LogP contribution in [0.2, 0.25) is 0 Å². The molecule has 0 saturated carbocycles. The minimum Gasteiger partial charge on any atom is -0.542 e. The maximum Gasteiger partial charge on any atom is 0.430 e. The molecule has 438 valence electrons. The van der Waals surface area contributed by atoms with Crippen molar-refractivity contribution >= 4 is 65.2 Å². The number of carbonyl (C=O) groups excluding carboxylic acids is 8. The summed E-state index contributed by atoms with van der Waals surface area (Å²) in [5.74, 6) is -7.57. The van der Waals surface area contributed by atoms with Gasteiger partial charge in [-0.05, 0) is 88.4 Å². The molecule has 0 aliphatic carbocycles. The molecule has 3 aromatic rings. The van der Waals surface area contributed by atoms with Crippen LogP contribution in [0.5, 0.6) is 5.75 Å². The van der Waals surface area contributed by atoms with Crippen molar-refractivity contribution in [2.45, 2.75) is 114 Å². The number of amides is 7. The lowest BCUT2D eigenvalue weighted by Gasteiger charge is -2.38. The van der Waals surface area contributed by atoms with Crippen LogP contribution in [0.15, 0.2) is 91.3 Å². The molecule has 81 heavy (non-hydrogen) atoms. The zero-order valence-corrected chi connectivity index (χ0v) is 44.3. The van der Waals surface area contributed by atoms with Gasteiger partial charge in [-0.1, -0.05) is 31.0 Å². The quantitative estimate of drug-likeness (QED) is 0.0315. The molecule has 6 rings (SSSR count). The standard InChI is InChI=1S/C52H63N7O15.C2HF3O2/c1-52(2,3)74-51(71)55-29-37(59-41(62)18-19-42(59)63)47(67)54-24-20-40(61)56-36-28-34(14-16-38(36)72-50-45(66)43(64)44(65)46(73-50)49(69)70)31-57-25-9-11-33(30-57)15-17-39(60)53-23-8-7-10-32-21-26-58(27-22-32)48(68)35-12-5-4-6-13-35;3-2(4,5)1(6)7/h4-6,9,11-19,25,28,30,32,37,43-46,50,64-66H,7-8,10,20-24,26-27,29,31H2,1-3H3,(H4-,53,54,55,56,60,61,67,69,70,71);(H,6,7)/b17-15+;/t37?,43-,44-,45+,46-,50+;/m0./s1. The van der Waals surface area contributed by atoms with Crippen molar-refractivity contribution in [1.82, 2.24) is 25.8 Å². The first-order valence-corrected chi connectivity index (χ1v) is 25.6. The molecule has 0 spiro atoms. The Hall–Kier alpha value is -8.27. The molecule has 7 amide bonds. The van der Waals surface area contributed by atoms with Gasteiger partial charge >= 0.3 is 18.2 Å². The third kappa shape index (κ3) is 19.8. The monoisotopic (exact) mass is 1140 g/mol. The fourth-order valence-corrected chi connectivity index (χ4v) is 8.43. The molecular formula is C54H64F3N7O17. The Morgan fingerprint density at radius 1 is 0.864 bits per heavy atom. The van der Waals surface area contributed by atoms with E-state index in [0.717, 1.165) is 57.3 Å². The number of pyridine rings is 1. The number of anilines is 1. The van der Waals surface area contributed by atoms with Crippen LogP contribution in [-0.4, -0.2) is 165 Å². The molecule has 2 fully saturated rings. The summed E-state index contributed by atoms with van der Waals surface area (Å²) >= 11 is 0. The molecule has 3 aliphatic rings. The number of alkyl halides is 3. The number of imide groups is 1. The molecule has 0 bridgehead atoms. The first-order valence-electron chi connectivity index (χ1n) is 25.6. The third-order valence-electron chi connectivity index (χ3n) is 12.5. The predicted octanol–water partition coefficient (Wildman–Crippen LogP) is 0.707. The van der Waals surface area contributed by atoms with Crippen LogP contribution in [0.3, 0.4) is 0 Å². The minimum atomic E-state index is -5.19. The molecule has 24 nitrogen and oxygen atoms in total. The molecule has 3 aliphatic heterocycles. The van der Waals surface area contributed by atoms with Crippen LogP contribution < -0.4 is 35.7 Å². The largest absolute Gasteiger partial charge is 0.542 e. The summed E-state index contributed by atoms with van der Waals surface area (Å²) in [5, 5.41) is 60.1. The molecule has 1 aromatic heterocycles. The Labute approximate surface area is 462 Å². The van der Waals surface area contributed by atoms with Gasteiger partial charge in [0.15, 0.2) is 25.0 Å². The second kappa shape index (κ2) is 29.3. The molecule has 8 N–H and O–H groups in total. The van der Waals surface area contributed by atoms with E-state index in [1.54, 1.807) is 55.9 Å². The number of unbranched alkanes of at least 4 members (excludes halogenated alkanes) is 1. The zero-order chi connectivity index (χ0) is 59.6. The fourth-order valence-electron chi connectivity index (χ4n) is 8.43. The summed E-state index contributed by atoms with van der Waals surface area (Å²) in [7, 11) is 0. The lowest BCUT2D eigenvalue weighted by molar-refractivity contribution is -0.688. The van der Waals surface area contributed by atoms with Gasteiger partial charge < -0.3 is 70.7 Å². The van der Waals surface area contributed by atoms with Crippen molar-refractivity contribution < 1.29 is 101 Å². The smallest absolute Gasteiger partial charge is 0.430 e. The number of aliphatic hydroxyl groups is 3. The summed E-state index contributed by atoms with van der Waals surface area (Å²) in [4.78, 5) is 113. The van der Waals surface area contributed by atoms with Gasteiger partial charge in [0.2, 0.25) is 24.0 Å². The Morgan fingerprint density at radius 3 is 2.16 bits per heavy atom. The highest BCUT2D eigenvalue weighted by Crippen LogP contribution is 2.31. The van der Waals surface area contributed by atoms with E-state index in [-0.39, 0.29) is 42.8 Å². The average Bonchev–Trinajstić information content (AvgIpc) is 3.76. The van der Waals surface area contributed by atoms with Gasteiger partial charge in [-0.2, -0.15) is 13.2 Å². The van der Waals surface area contributed by atoms with E-state index in [0.29, 0.717) is 34.1 Å². The van der Waals surface area contributed by atoms with Gasteiger partial charge in [0.1, 0.15) is 41.7 Å². The van der Waals surface area contributed by atoms with Gasteiger partial charge in [-0.15, -0.1) is 0 Å². The highest BCUT2D eigenvalue weighted by atomic mass is 19.4. The number of hydrogen-bond donors (Lipinski definition) is 8. The Kier molecular flexibility index (Phi) is 23.0. The van der Waals surface area contributed by atoms with E-state index < -0.39 is 96.7 Å². The van der Waals surface area contributed by atoms with E-state index >= 15 is 0 Å². The maximum atomic E-state index is 13.5. The normalized spacial score (nSPS) is 19.7. The molecule has 2 saturated heterocycles. The van der Waals surface area contributed by atoms with Crippen molar-refractivity contribution in [3.8, 4) is 5.75 Å². The van der Waals surface area contributed by atoms with E-state index in [4.69, 9.17) is 24.1 Å². The van der Waals surface area contributed by atoms with Crippen molar-refractivity contribution in [2.24, 2.45) is 5.92 Å². The number of carbonyl (C=O) groups is 9. The number of aliphatic carboxylic acids is 2. The predicted molar refractivity (Wildman–Crippen MR) is 274 cm³/mol. The Balaban J connectivity index is 0.00000161. The topological polar surface area (TPSA) is 344 Å². The lowest BCUT2D eigenvalue weighted by atomic mass is 9.91. The van der Waals surface area contributed by atoms with E-state index in [9.17, 15) is 72.0 Å². The molecule has 0 radical (unpaired) electrons. The molecule has 4 heterocycles. The van der Waals surface area contributed by atoms with Crippen LogP contribution in [-0.2, 0) is 49.6 Å². The van der Waals surface area contributed by atoms with Crippen molar-refractivity contribution in [3.63, 3.8) is 0 Å². The number of nitrogens with zero attached hydrogens (tertiary/aromatic N) is 3. The van der Waals surface area contributed by atoms with E-state index in [1.807, 2.05) is 41.3 Å². The van der Waals surface area contributed by atoms with E-state index in [2.05, 4.69) is 21.3 Å².